The van der Waals surface area contributed by atoms with Crippen molar-refractivity contribution in [3.63, 3.8) is 0 Å². The van der Waals surface area contributed by atoms with Gasteiger partial charge in [-0.25, -0.2) is 13.2 Å². The van der Waals surface area contributed by atoms with E-state index in [1.165, 1.54) is 0 Å². The zero-order valence-electron chi connectivity index (χ0n) is 10.3. The Kier molecular flexibility index (Phi) is 4.42. The fourth-order valence-electron chi connectivity index (χ4n) is 2.16. The first kappa shape index (κ1) is 13.9. The lowest BCUT2D eigenvalue weighted by Crippen LogP contribution is -2.31. The number of hydrogen-bond donors (Lipinski definition) is 2. The number of carbonyl (C=O) groups excluding carboxylic acids is 1. The Morgan fingerprint density at radius 1 is 1.32 bits per heavy atom. The molecule has 1 aliphatic heterocycles. The van der Waals surface area contributed by atoms with Gasteiger partial charge in [0.05, 0.1) is 5.56 Å². The van der Waals surface area contributed by atoms with E-state index < -0.39 is 28.9 Å². The standard InChI is InChI=1S/C13H15F3N2O/c14-10-4-3-9(11(15)12(10)16)13(19)18-7-5-8-2-1-6-17-8/h3-4,8,17H,1-2,5-7H2,(H,18,19)/t8-/m0/s1. The van der Waals surface area contributed by atoms with E-state index in [0.717, 1.165) is 37.9 Å². The molecule has 2 rings (SSSR count). The van der Waals surface area contributed by atoms with Crippen molar-refractivity contribution in [3.05, 3.63) is 35.1 Å². The van der Waals surface area contributed by atoms with Crippen LogP contribution in [0.15, 0.2) is 12.1 Å². The minimum atomic E-state index is -1.62. The highest BCUT2D eigenvalue weighted by atomic mass is 19.2. The third-order valence-corrected chi connectivity index (χ3v) is 3.22. The molecule has 1 aromatic rings. The molecule has 0 spiro atoms. The van der Waals surface area contributed by atoms with Gasteiger partial charge in [0.2, 0.25) is 0 Å². The molecule has 1 heterocycles. The largest absolute Gasteiger partial charge is 0.352 e. The summed E-state index contributed by atoms with van der Waals surface area (Å²) in [5.41, 5.74) is -0.474. The van der Waals surface area contributed by atoms with Gasteiger partial charge in [-0.3, -0.25) is 4.79 Å². The highest BCUT2D eigenvalue weighted by Gasteiger charge is 2.19. The molecule has 0 aromatic heterocycles. The second kappa shape index (κ2) is 6.06. The van der Waals surface area contributed by atoms with Gasteiger partial charge in [0, 0.05) is 12.6 Å². The maximum Gasteiger partial charge on any atom is 0.254 e. The lowest BCUT2D eigenvalue weighted by atomic mass is 10.1. The number of benzene rings is 1. The van der Waals surface area contributed by atoms with E-state index in [4.69, 9.17) is 0 Å². The number of nitrogens with one attached hydrogen (secondary N) is 2. The van der Waals surface area contributed by atoms with E-state index >= 15 is 0 Å². The molecule has 104 valence electrons. The highest BCUT2D eigenvalue weighted by molar-refractivity contribution is 5.94. The van der Waals surface area contributed by atoms with Crippen molar-refractivity contribution in [2.24, 2.45) is 0 Å². The molecule has 0 aliphatic carbocycles. The Morgan fingerprint density at radius 3 is 2.79 bits per heavy atom. The second-order valence-corrected chi connectivity index (χ2v) is 4.56. The van der Waals surface area contributed by atoms with Crippen molar-refractivity contribution >= 4 is 5.91 Å². The molecular formula is C13H15F3N2O. The third kappa shape index (κ3) is 3.26. The van der Waals surface area contributed by atoms with Crippen molar-refractivity contribution in [1.82, 2.24) is 10.6 Å². The first-order chi connectivity index (χ1) is 9.09. The summed E-state index contributed by atoms with van der Waals surface area (Å²) >= 11 is 0. The van der Waals surface area contributed by atoms with E-state index in [2.05, 4.69) is 10.6 Å². The van der Waals surface area contributed by atoms with Crippen LogP contribution < -0.4 is 10.6 Å². The summed E-state index contributed by atoms with van der Waals surface area (Å²) in [5, 5.41) is 5.77. The Hall–Kier alpha value is -1.56. The van der Waals surface area contributed by atoms with Crippen molar-refractivity contribution in [3.8, 4) is 0 Å². The van der Waals surface area contributed by atoms with Crippen LogP contribution in [0, 0.1) is 17.5 Å². The van der Waals surface area contributed by atoms with Crippen LogP contribution in [0.1, 0.15) is 29.6 Å². The van der Waals surface area contributed by atoms with Gasteiger partial charge in [-0.05, 0) is 37.9 Å². The predicted octanol–water partition coefficient (Wildman–Crippen LogP) is 1.98. The zero-order chi connectivity index (χ0) is 13.8. The molecular weight excluding hydrogens is 257 g/mol. The Labute approximate surface area is 109 Å². The molecule has 1 saturated heterocycles. The van der Waals surface area contributed by atoms with Gasteiger partial charge >= 0.3 is 0 Å². The Bertz CT molecular complexity index is 473. The summed E-state index contributed by atoms with van der Waals surface area (Å²) < 4.78 is 39.1. The molecule has 0 radical (unpaired) electrons. The van der Waals surface area contributed by atoms with Gasteiger partial charge in [-0.1, -0.05) is 0 Å². The van der Waals surface area contributed by atoms with E-state index in [9.17, 15) is 18.0 Å². The van der Waals surface area contributed by atoms with E-state index in [-0.39, 0.29) is 0 Å². The highest BCUT2D eigenvalue weighted by Crippen LogP contribution is 2.15. The summed E-state index contributed by atoms with van der Waals surface area (Å²) in [5.74, 6) is -5.10. The van der Waals surface area contributed by atoms with Crippen LogP contribution in [0.3, 0.4) is 0 Å². The molecule has 6 heteroatoms. The average molecular weight is 272 g/mol. The van der Waals surface area contributed by atoms with E-state index in [1.807, 2.05) is 0 Å². The molecule has 0 saturated carbocycles. The van der Waals surface area contributed by atoms with Gasteiger partial charge in [-0.2, -0.15) is 0 Å². The zero-order valence-corrected chi connectivity index (χ0v) is 10.3. The average Bonchev–Trinajstić information content (AvgIpc) is 2.89. The van der Waals surface area contributed by atoms with Crippen LogP contribution in [-0.4, -0.2) is 25.0 Å². The smallest absolute Gasteiger partial charge is 0.254 e. The molecule has 1 aromatic carbocycles. The minimum absolute atomic E-state index is 0.357. The monoisotopic (exact) mass is 272 g/mol. The number of halogens is 3. The summed E-state index contributed by atoms with van der Waals surface area (Å²) in [6.45, 7) is 1.34. The fourth-order valence-corrected chi connectivity index (χ4v) is 2.16. The lowest BCUT2D eigenvalue weighted by molar-refractivity contribution is 0.0947. The normalized spacial score (nSPS) is 18.6. The summed E-state index contributed by atoms with van der Waals surface area (Å²) in [6.07, 6.45) is 2.89. The summed E-state index contributed by atoms with van der Waals surface area (Å²) in [4.78, 5) is 11.6. The van der Waals surface area contributed by atoms with Crippen LogP contribution >= 0.6 is 0 Å². The molecule has 2 N–H and O–H groups in total. The predicted molar refractivity (Wildman–Crippen MR) is 64.3 cm³/mol. The lowest BCUT2D eigenvalue weighted by Gasteiger charge is -2.11. The van der Waals surface area contributed by atoms with Gasteiger partial charge < -0.3 is 10.6 Å². The summed E-state index contributed by atoms with van der Waals surface area (Å²) in [7, 11) is 0. The minimum Gasteiger partial charge on any atom is -0.352 e. The van der Waals surface area contributed by atoms with Crippen LogP contribution in [0.4, 0.5) is 13.2 Å². The molecule has 0 unspecified atom stereocenters. The molecule has 0 bridgehead atoms. The summed E-state index contributed by atoms with van der Waals surface area (Å²) in [6, 6.07) is 2.04. The van der Waals surface area contributed by atoms with Crippen LogP contribution in [-0.2, 0) is 0 Å². The number of hydrogen-bond acceptors (Lipinski definition) is 2. The van der Waals surface area contributed by atoms with E-state index in [1.54, 1.807) is 0 Å². The van der Waals surface area contributed by atoms with Gasteiger partial charge in [0.15, 0.2) is 17.5 Å². The third-order valence-electron chi connectivity index (χ3n) is 3.22. The SMILES string of the molecule is O=C(NCC[C@@H]1CCCN1)c1ccc(F)c(F)c1F. The molecule has 1 fully saturated rings. The first-order valence-electron chi connectivity index (χ1n) is 6.24. The first-order valence-corrected chi connectivity index (χ1v) is 6.24. The van der Waals surface area contributed by atoms with Crippen molar-refractivity contribution in [2.45, 2.75) is 25.3 Å². The van der Waals surface area contributed by atoms with Crippen molar-refractivity contribution < 1.29 is 18.0 Å². The Morgan fingerprint density at radius 2 is 2.11 bits per heavy atom. The van der Waals surface area contributed by atoms with Gasteiger partial charge in [0.25, 0.3) is 5.91 Å². The maximum atomic E-state index is 13.4. The Balaban J connectivity index is 1.90. The van der Waals surface area contributed by atoms with E-state index in [0.29, 0.717) is 12.6 Å². The molecule has 3 nitrogen and oxygen atoms in total. The fraction of sp³-hybridized carbons (Fsp3) is 0.462. The topological polar surface area (TPSA) is 41.1 Å². The quantitative estimate of drug-likeness (QED) is 0.823. The van der Waals surface area contributed by atoms with Crippen molar-refractivity contribution in [2.75, 3.05) is 13.1 Å². The van der Waals surface area contributed by atoms with Crippen LogP contribution in [0.5, 0.6) is 0 Å². The number of amides is 1. The van der Waals surface area contributed by atoms with Crippen molar-refractivity contribution in [1.29, 1.82) is 0 Å². The van der Waals surface area contributed by atoms with Gasteiger partial charge in [0.1, 0.15) is 0 Å². The maximum absolute atomic E-state index is 13.4. The van der Waals surface area contributed by atoms with Crippen LogP contribution in [0.2, 0.25) is 0 Å². The van der Waals surface area contributed by atoms with Crippen LogP contribution in [0.25, 0.3) is 0 Å². The molecule has 1 atom stereocenters. The molecule has 1 aliphatic rings. The molecule has 19 heavy (non-hydrogen) atoms. The van der Waals surface area contributed by atoms with Gasteiger partial charge in [-0.15, -0.1) is 0 Å². The molecule has 1 amide bonds. The number of rotatable bonds is 4. The number of carbonyl (C=O) groups is 1. The second-order valence-electron chi connectivity index (χ2n) is 4.56.